The molecule has 0 bridgehead atoms. The van der Waals surface area contributed by atoms with Crippen LogP contribution in [0.3, 0.4) is 0 Å². The first-order chi connectivity index (χ1) is 11.3. The van der Waals surface area contributed by atoms with Crippen LogP contribution in [0.2, 0.25) is 0 Å². The molecule has 0 spiro atoms. The predicted octanol–water partition coefficient (Wildman–Crippen LogP) is 2.17. The Hall–Kier alpha value is -2.44. The van der Waals surface area contributed by atoms with E-state index in [4.69, 9.17) is 9.96 Å². The summed E-state index contributed by atoms with van der Waals surface area (Å²) in [4.78, 5) is 33.0. The van der Waals surface area contributed by atoms with Crippen LogP contribution in [0.25, 0.3) is 11.1 Å². The van der Waals surface area contributed by atoms with E-state index in [1.54, 1.807) is 0 Å². The monoisotopic (exact) mass is 348 g/mol. The molecule has 0 radical (unpaired) electrons. The van der Waals surface area contributed by atoms with Gasteiger partial charge in [-0.1, -0.05) is 0 Å². The quantitative estimate of drug-likeness (QED) is 0.564. The Bertz CT molecular complexity index is 688. The molecule has 6 nitrogen and oxygen atoms in total. The zero-order valence-corrected chi connectivity index (χ0v) is 13.4. The van der Waals surface area contributed by atoms with Crippen molar-refractivity contribution in [2.24, 2.45) is 0 Å². The number of rotatable bonds is 7. The second-order valence-electron chi connectivity index (χ2n) is 4.85. The van der Waals surface area contributed by atoms with E-state index in [1.807, 2.05) is 48.5 Å². The molecule has 0 atom stereocenters. The van der Waals surface area contributed by atoms with E-state index in [1.165, 1.54) is 0 Å². The molecule has 1 aliphatic rings. The Morgan fingerprint density at radius 2 is 1.09 bits per heavy atom. The van der Waals surface area contributed by atoms with E-state index in [0.29, 0.717) is 0 Å². The number of hydrogen-bond donors (Lipinski definition) is 0. The van der Waals surface area contributed by atoms with E-state index in [2.05, 4.69) is 0 Å². The predicted molar refractivity (Wildman–Crippen MR) is 75.2 cm³/mol. The van der Waals surface area contributed by atoms with E-state index >= 15 is 0 Å². The number of carbonyl (C=O) groups excluding carboxylic acids is 3. The number of fused-ring (bicyclic) bond motifs is 3. The fourth-order valence-corrected chi connectivity index (χ4v) is 6.53. The first-order valence-electron chi connectivity index (χ1n) is 6.80. The van der Waals surface area contributed by atoms with Gasteiger partial charge in [-0.25, -0.2) is 0 Å². The topological polar surface area (TPSA) is 78.9 Å². The molecule has 0 fully saturated rings. The van der Waals surface area contributed by atoms with Crippen LogP contribution in [0, 0.1) is 0 Å². The molecular formula is C16H12O6Ti. The van der Waals surface area contributed by atoms with Gasteiger partial charge in [0.2, 0.25) is 0 Å². The average molecular weight is 348 g/mol. The van der Waals surface area contributed by atoms with Gasteiger partial charge in [0, 0.05) is 0 Å². The Kier molecular flexibility index (Phi) is 4.27. The Morgan fingerprint density at radius 3 is 1.48 bits per heavy atom. The van der Waals surface area contributed by atoms with Crippen molar-refractivity contribution in [2.75, 3.05) is 0 Å². The summed E-state index contributed by atoms with van der Waals surface area (Å²) in [7, 11) is 0. The van der Waals surface area contributed by atoms with Crippen molar-refractivity contribution in [1.82, 2.24) is 0 Å². The number of hydrogen-bond acceptors (Lipinski definition) is 6. The SMILES string of the molecule is O=C[O][Ti]([O]C=O)([O]C=O)[CH]1c2ccccc2-c2ccccc21. The Labute approximate surface area is 136 Å². The van der Waals surface area contributed by atoms with Crippen LogP contribution in [0.5, 0.6) is 0 Å². The van der Waals surface area contributed by atoms with Crippen LogP contribution in [0.4, 0.5) is 0 Å². The zero-order valence-electron chi connectivity index (χ0n) is 11.9. The number of benzene rings is 2. The van der Waals surface area contributed by atoms with Gasteiger partial charge in [0.1, 0.15) is 0 Å². The van der Waals surface area contributed by atoms with Gasteiger partial charge >= 0.3 is 137 Å². The molecule has 0 saturated heterocycles. The minimum absolute atomic E-state index is 0.163. The molecule has 0 N–H and O–H groups in total. The molecule has 0 saturated carbocycles. The molecule has 0 amide bonds. The van der Waals surface area contributed by atoms with E-state index in [-0.39, 0.29) is 19.4 Å². The zero-order chi connectivity index (χ0) is 16.3. The van der Waals surface area contributed by atoms with Crippen molar-refractivity contribution >= 4 is 19.4 Å². The molecule has 0 aliphatic heterocycles. The molecule has 1 aliphatic carbocycles. The summed E-state index contributed by atoms with van der Waals surface area (Å²) in [5.74, 6) is 0. The summed E-state index contributed by atoms with van der Waals surface area (Å²) in [6.45, 7) is 0.490. The molecular weight excluding hydrogens is 336 g/mol. The van der Waals surface area contributed by atoms with Gasteiger partial charge in [0.05, 0.1) is 0 Å². The standard InChI is InChI=1S/C13H9.3CH2O2.Ti/c1-3-7-12-10(5-1)9-11-6-2-4-8-13(11)12;3*2-1-3;/h1-9H;3*1H,(H,2,3);/q;;;;+3/p-3. The first-order valence-corrected chi connectivity index (χ1v) is 9.61. The number of carbonyl (C=O) groups is 3. The van der Waals surface area contributed by atoms with Gasteiger partial charge in [-0.2, -0.15) is 0 Å². The normalized spacial score (nSPS) is 12.7. The van der Waals surface area contributed by atoms with E-state index in [9.17, 15) is 14.4 Å². The average Bonchev–Trinajstić information content (AvgIpc) is 2.90. The van der Waals surface area contributed by atoms with Gasteiger partial charge in [-0.05, 0) is 0 Å². The molecule has 0 heterocycles. The first kappa shape index (κ1) is 15.5. The fourth-order valence-electron chi connectivity index (χ4n) is 3.03. The second kappa shape index (κ2) is 6.36. The van der Waals surface area contributed by atoms with Crippen molar-refractivity contribution < 1.29 is 42.1 Å². The summed E-state index contributed by atoms with van der Waals surface area (Å²) >= 11 is -4.59. The molecule has 23 heavy (non-hydrogen) atoms. The van der Waals surface area contributed by atoms with Gasteiger partial charge in [0.15, 0.2) is 0 Å². The minimum atomic E-state index is -4.59. The summed E-state index contributed by atoms with van der Waals surface area (Å²) < 4.78 is 14.7. The van der Waals surface area contributed by atoms with Crippen molar-refractivity contribution in [2.45, 2.75) is 4.22 Å². The summed E-state index contributed by atoms with van der Waals surface area (Å²) in [6.07, 6.45) is 0. The molecule has 7 heteroatoms. The van der Waals surface area contributed by atoms with Crippen molar-refractivity contribution in [3.05, 3.63) is 59.7 Å². The summed E-state index contributed by atoms with van der Waals surface area (Å²) in [6, 6.07) is 14.9. The summed E-state index contributed by atoms with van der Waals surface area (Å²) in [5, 5.41) is 0. The van der Waals surface area contributed by atoms with Crippen LogP contribution < -0.4 is 0 Å². The Balaban J connectivity index is 2.25. The van der Waals surface area contributed by atoms with Gasteiger partial charge in [0.25, 0.3) is 0 Å². The van der Waals surface area contributed by atoms with Crippen LogP contribution in [-0.4, -0.2) is 19.4 Å². The van der Waals surface area contributed by atoms with Crippen molar-refractivity contribution in [3.8, 4) is 11.1 Å². The molecule has 2 aromatic rings. The van der Waals surface area contributed by atoms with Crippen LogP contribution in [-0.2, 0) is 42.1 Å². The van der Waals surface area contributed by atoms with Crippen molar-refractivity contribution in [3.63, 3.8) is 0 Å². The Morgan fingerprint density at radius 1 is 0.696 bits per heavy atom. The summed E-state index contributed by atoms with van der Waals surface area (Å²) in [5.41, 5.74) is 3.47. The van der Waals surface area contributed by atoms with Crippen LogP contribution in [0.15, 0.2) is 48.5 Å². The molecule has 3 rings (SSSR count). The third-order valence-electron chi connectivity index (χ3n) is 3.82. The van der Waals surface area contributed by atoms with Gasteiger partial charge in [-0.15, -0.1) is 0 Å². The maximum absolute atomic E-state index is 11.0. The van der Waals surface area contributed by atoms with Gasteiger partial charge in [-0.3, -0.25) is 0 Å². The second-order valence-corrected chi connectivity index (χ2v) is 8.74. The van der Waals surface area contributed by atoms with Crippen molar-refractivity contribution in [1.29, 1.82) is 0 Å². The third kappa shape index (κ3) is 2.46. The maximum atomic E-state index is 11.0. The fraction of sp³-hybridized carbons (Fsp3) is 0.0625. The molecule has 116 valence electrons. The van der Waals surface area contributed by atoms with Gasteiger partial charge < -0.3 is 0 Å². The molecule has 0 unspecified atom stereocenters. The third-order valence-corrected chi connectivity index (χ3v) is 7.89. The van der Waals surface area contributed by atoms with E-state index in [0.717, 1.165) is 22.3 Å². The molecule has 2 aromatic carbocycles. The van der Waals surface area contributed by atoms with Crippen LogP contribution in [0.1, 0.15) is 15.3 Å². The van der Waals surface area contributed by atoms with Crippen LogP contribution >= 0.6 is 0 Å². The van der Waals surface area contributed by atoms with E-state index < -0.39 is 22.0 Å². The molecule has 0 aromatic heterocycles.